The summed E-state index contributed by atoms with van der Waals surface area (Å²) < 4.78 is 0. The van der Waals surface area contributed by atoms with Crippen molar-refractivity contribution in [2.24, 2.45) is 5.41 Å². The second kappa shape index (κ2) is 8.67. The summed E-state index contributed by atoms with van der Waals surface area (Å²) in [5.41, 5.74) is 4.16. The molecule has 1 aliphatic heterocycles. The van der Waals surface area contributed by atoms with Gasteiger partial charge in [-0.05, 0) is 67.1 Å². The van der Waals surface area contributed by atoms with E-state index in [0.29, 0.717) is 31.5 Å². The Hall–Kier alpha value is -2.93. The highest BCUT2D eigenvalue weighted by Crippen LogP contribution is 2.36. The minimum atomic E-state index is -0.637. The van der Waals surface area contributed by atoms with Crippen LogP contribution in [0.3, 0.4) is 0 Å². The first-order valence-corrected chi connectivity index (χ1v) is 11.5. The number of amides is 2. The molecule has 6 nitrogen and oxygen atoms in total. The Morgan fingerprint density at radius 1 is 1.23 bits per heavy atom. The third-order valence-electron chi connectivity index (χ3n) is 5.95. The molecule has 1 aliphatic rings. The van der Waals surface area contributed by atoms with E-state index in [4.69, 9.17) is 0 Å². The standard InChI is InChI=1S/C24H28N4O2S/c1-16(2)26-23(30)24(9-10-28(15-24)22(29)21-13-25-27-17(21)3)12-18-4-6-19(7-5-18)20-8-11-31-14-20/h4-8,11,13-14,16H,9-10,12,15H2,1-3H3,(H,25,27)(H,26,30). The number of aromatic nitrogens is 2. The molecule has 162 valence electrons. The van der Waals surface area contributed by atoms with E-state index >= 15 is 0 Å². The van der Waals surface area contributed by atoms with Crippen LogP contribution in [0.2, 0.25) is 0 Å². The van der Waals surface area contributed by atoms with Gasteiger partial charge in [0.05, 0.1) is 17.2 Å². The summed E-state index contributed by atoms with van der Waals surface area (Å²) in [5.74, 6) is -0.0538. The van der Waals surface area contributed by atoms with Crippen LogP contribution in [0.5, 0.6) is 0 Å². The lowest BCUT2D eigenvalue weighted by Gasteiger charge is -2.29. The molecule has 0 radical (unpaired) electrons. The topological polar surface area (TPSA) is 78.1 Å². The van der Waals surface area contributed by atoms with Crippen molar-refractivity contribution < 1.29 is 9.59 Å². The molecule has 7 heteroatoms. The minimum absolute atomic E-state index is 0.0172. The normalized spacial score (nSPS) is 18.5. The fourth-order valence-electron chi connectivity index (χ4n) is 4.24. The van der Waals surface area contributed by atoms with Gasteiger partial charge in [-0.1, -0.05) is 24.3 Å². The molecular weight excluding hydrogens is 408 g/mol. The van der Waals surface area contributed by atoms with Crippen LogP contribution in [0.1, 0.15) is 41.9 Å². The van der Waals surface area contributed by atoms with E-state index < -0.39 is 5.41 Å². The molecule has 1 saturated heterocycles. The average Bonchev–Trinajstić information content (AvgIpc) is 3.49. The Balaban J connectivity index is 1.57. The van der Waals surface area contributed by atoms with Crippen molar-refractivity contribution in [3.63, 3.8) is 0 Å². The molecule has 2 N–H and O–H groups in total. The molecular formula is C24H28N4O2S. The number of thiophene rings is 1. The SMILES string of the molecule is Cc1[nH]ncc1C(=O)N1CCC(Cc2ccc(-c3ccsc3)cc2)(C(=O)NC(C)C)C1. The largest absolute Gasteiger partial charge is 0.353 e. The Bertz CT molecular complexity index is 1060. The third-order valence-corrected chi connectivity index (χ3v) is 6.64. The average molecular weight is 437 g/mol. The fourth-order valence-corrected chi connectivity index (χ4v) is 4.91. The molecule has 2 aromatic heterocycles. The van der Waals surface area contributed by atoms with E-state index in [1.165, 1.54) is 11.1 Å². The van der Waals surface area contributed by atoms with Gasteiger partial charge >= 0.3 is 0 Å². The Morgan fingerprint density at radius 2 is 2.00 bits per heavy atom. The van der Waals surface area contributed by atoms with Gasteiger partial charge in [-0.3, -0.25) is 14.7 Å². The summed E-state index contributed by atoms with van der Waals surface area (Å²) in [5, 5.41) is 14.1. The predicted octanol–water partition coefficient (Wildman–Crippen LogP) is 4.05. The number of aromatic amines is 1. The van der Waals surface area contributed by atoms with Crippen LogP contribution in [0.4, 0.5) is 0 Å². The van der Waals surface area contributed by atoms with E-state index in [1.54, 1.807) is 22.4 Å². The van der Waals surface area contributed by atoms with E-state index in [2.05, 4.69) is 56.6 Å². The number of likely N-dealkylation sites (tertiary alicyclic amines) is 1. The molecule has 3 heterocycles. The second-order valence-corrected chi connectivity index (χ2v) is 9.46. The number of hydrogen-bond acceptors (Lipinski definition) is 4. The van der Waals surface area contributed by atoms with Crippen molar-refractivity contribution in [1.82, 2.24) is 20.4 Å². The first-order valence-electron chi connectivity index (χ1n) is 10.6. The van der Waals surface area contributed by atoms with Gasteiger partial charge in [0.1, 0.15) is 0 Å². The highest BCUT2D eigenvalue weighted by Gasteiger charge is 2.46. The molecule has 1 fully saturated rings. The van der Waals surface area contributed by atoms with E-state index in [9.17, 15) is 9.59 Å². The Kier molecular flexibility index (Phi) is 5.96. The Morgan fingerprint density at radius 3 is 2.61 bits per heavy atom. The van der Waals surface area contributed by atoms with Gasteiger partial charge in [0, 0.05) is 24.8 Å². The number of benzene rings is 1. The van der Waals surface area contributed by atoms with E-state index in [-0.39, 0.29) is 17.9 Å². The van der Waals surface area contributed by atoms with Crippen LogP contribution < -0.4 is 5.32 Å². The van der Waals surface area contributed by atoms with Gasteiger partial charge in [0.2, 0.25) is 5.91 Å². The third kappa shape index (κ3) is 4.42. The van der Waals surface area contributed by atoms with Crippen LogP contribution >= 0.6 is 11.3 Å². The molecule has 0 aliphatic carbocycles. The summed E-state index contributed by atoms with van der Waals surface area (Å²) in [6.07, 6.45) is 2.80. The number of rotatable bonds is 6. The molecule has 2 amide bonds. The molecule has 0 spiro atoms. The number of hydrogen-bond donors (Lipinski definition) is 2. The Labute approximate surface area is 186 Å². The van der Waals surface area contributed by atoms with Gasteiger partial charge in [-0.2, -0.15) is 16.4 Å². The minimum Gasteiger partial charge on any atom is -0.353 e. The number of carbonyl (C=O) groups is 2. The zero-order valence-electron chi connectivity index (χ0n) is 18.1. The first-order chi connectivity index (χ1) is 14.9. The van der Waals surface area contributed by atoms with Gasteiger partial charge < -0.3 is 10.2 Å². The van der Waals surface area contributed by atoms with Crippen LogP contribution in [-0.2, 0) is 11.2 Å². The monoisotopic (exact) mass is 436 g/mol. The number of H-pyrrole nitrogens is 1. The number of aryl methyl sites for hydroxylation is 1. The molecule has 1 atom stereocenters. The van der Waals surface area contributed by atoms with Crippen molar-refractivity contribution in [3.05, 3.63) is 64.1 Å². The van der Waals surface area contributed by atoms with Crippen LogP contribution in [0.15, 0.2) is 47.3 Å². The molecule has 1 aromatic carbocycles. The van der Waals surface area contributed by atoms with Crippen LogP contribution in [0.25, 0.3) is 11.1 Å². The molecule has 0 saturated carbocycles. The molecule has 1 unspecified atom stereocenters. The zero-order chi connectivity index (χ0) is 22.0. The first kappa shape index (κ1) is 21.3. The van der Waals surface area contributed by atoms with Crippen molar-refractivity contribution in [2.45, 2.75) is 39.7 Å². The lowest BCUT2D eigenvalue weighted by Crippen LogP contribution is -2.47. The second-order valence-electron chi connectivity index (χ2n) is 8.68. The predicted molar refractivity (Wildman–Crippen MR) is 123 cm³/mol. The quantitative estimate of drug-likeness (QED) is 0.612. The number of nitrogens with zero attached hydrogens (tertiary/aromatic N) is 2. The highest BCUT2D eigenvalue weighted by molar-refractivity contribution is 7.08. The lowest BCUT2D eigenvalue weighted by molar-refractivity contribution is -0.130. The zero-order valence-corrected chi connectivity index (χ0v) is 19.0. The summed E-state index contributed by atoms with van der Waals surface area (Å²) in [7, 11) is 0. The number of carbonyl (C=O) groups excluding carboxylic acids is 2. The summed E-state index contributed by atoms with van der Waals surface area (Å²) in [4.78, 5) is 28.1. The van der Waals surface area contributed by atoms with Gasteiger partial charge in [0.25, 0.3) is 5.91 Å². The molecule has 0 bridgehead atoms. The van der Waals surface area contributed by atoms with Crippen molar-refractivity contribution in [3.8, 4) is 11.1 Å². The van der Waals surface area contributed by atoms with E-state index in [1.807, 2.05) is 20.8 Å². The van der Waals surface area contributed by atoms with E-state index in [0.717, 1.165) is 11.3 Å². The summed E-state index contributed by atoms with van der Waals surface area (Å²) in [6.45, 7) is 6.73. The maximum atomic E-state index is 13.3. The highest BCUT2D eigenvalue weighted by atomic mass is 32.1. The van der Waals surface area contributed by atoms with Gasteiger partial charge in [0.15, 0.2) is 0 Å². The molecule has 3 aromatic rings. The van der Waals surface area contributed by atoms with Crippen molar-refractivity contribution >= 4 is 23.2 Å². The van der Waals surface area contributed by atoms with Crippen LogP contribution in [0, 0.1) is 12.3 Å². The maximum absolute atomic E-state index is 13.3. The summed E-state index contributed by atoms with van der Waals surface area (Å²) in [6, 6.07) is 10.6. The maximum Gasteiger partial charge on any atom is 0.257 e. The van der Waals surface area contributed by atoms with Crippen molar-refractivity contribution in [2.75, 3.05) is 13.1 Å². The van der Waals surface area contributed by atoms with Gasteiger partial charge in [-0.25, -0.2) is 0 Å². The molecule has 31 heavy (non-hydrogen) atoms. The van der Waals surface area contributed by atoms with Crippen molar-refractivity contribution in [1.29, 1.82) is 0 Å². The lowest BCUT2D eigenvalue weighted by atomic mass is 9.79. The fraction of sp³-hybridized carbons (Fsp3) is 0.375. The molecule has 4 rings (SSSR count). The van der Waals surface area contributed by atoms with Gasteiger partial charge in [-0.15, -0.1) is 0 Å². The number of nitrogens with one attached hydrogen (secondary N) is 2. The van der Waals surface area contributed by atoms with Crippen LogP contribution in [-0.4, -0.2) is 46.0 Å². The summed E-state index contributed by atoms with van der Waals surface area (Å²) >= 11 is 1.68. The smallest absolute Gasteiger partial charge is 0.257 e.